The molecule has 0 unspecified atom stereocenters. The largest absolute Gasteiger partial charge is 0.464 e. The molecule has 0 atom stereocenters. The van der Waals surface area contributed by atoms with Crippen molar-refractivity contribution in [3.05, 3.63) is 17.8 Å². The minimum Gasteiger partial charge on any atom is -0.464 e. The number of nitrogens with zero attached hydrogens (tertiary/aromatic N) is 3. The van der Waals surface area contributed by atoms with Crippen LogP contribution >= 0.6 is 0 Å². The van der Waals surface area contributed by atoms with Crippen molar-refractivity contribution in [2.75, 3.05) is 46.4 Å². The zero-order chi connectivity index (χ0) is 16.3. The van der Waals surface area contributed by atoms with Crippen LogP contribution in [0.4, 0.5) is 0 Å². The van der Waals surface area contributed by atoms with E-state index in [0.717, 1.165) is 0 Å². The Morgan fingerprint density at radius 3 is 2.45 bits per heavy atom. The number of ether oxygens (including phenoxy) is 1. The quantitative estimate of drug-likeness (QED) is 0.704. The number of aliphatic hydroxyl groups excluding tert-OH is 1. The van der Waals surface area contributed by atoms with E-state index in [1.54, 1.807) is 0 Å². The summed E-state index contributed by atoms with van der Waals surface area (Å²) in [6, 6.07) is 2.86. The molecule has 124 valence electrons. The Hall–Kier alpha value is -1.42. The molecule has 1 aliphatic heterocycles. The summed E-state index contributed by atoms with van der Waals surface area (Å²) in [6.45, 7) is 2.49. The van der Waals surface area contributed by atoms with Gasteiger partial charge in [0.05, 0.1) is 13.7 Å². The van der Waals surface area contributed by atoms with Gasteiger partial charge in [-0.1, -0.05) is 0 Å². The number of sulfonamides is 1. The lowest BCUT2D eigenvalue weighted by molar-refractivity contribution is 0.0589. The van der Waals surface area contributed by atoms with Gasteiger partial charge in [0.1, 0.15) is 5.69 Å². The molecule has 2 heterocycles. The molecule has 2 rings (SSSR count). The number of hydrogen-bond acceptors (Lipinski definition) is 6. The average molecular weight is 331 g/mol. The van der Waals surface area contributed by atoms with E-state index < -0.39 is 16.0 Å². The van der Waals surface area contributed by atoms with E-state index in [0.29, 0.717) is 32.7 Å². The molecule has 0 saturated carbocycles. The molecule has 1 saturated heterocycles. The highest BCUT2D eigenvalue weighted by Crippen LogP contribution is 2.20. The van der Waals surface area contributed by atoms with E-state index >= 15 is 0 Å². The SMILES string of the molecule is COC(=O)c1ccc(S(=O)(=O)N2CCN(CCO)CC2)n1C. The van der Waals surface area contributed by atoms with Gasteiger partial charge in [-0.15, -0.1) is 0 Å². The van der Waals surface area contributed by atoms with E-state index in [4.69, 9.17) is 5.11 Å². The van der Waals surface area contributed by atoms with Gasteiger partial charge in [-0.25, -0.2) is 13.2 Å². The number of esters is 1. The normalized spacial score (nSPS) is 17.6. The van der Waals surface area contributed by atoms with Crippen LogP contribution < -0.4 is 0 Å². The number of carbonyl (C=O) groups is 1. The van der Waals surface area contributed by atoms with Gasteiger partial charge in [0, 0.05) is 39.8 Å². The monoisotopic (exact) mass is 331 g/mol. The van der Waals surface area contributed by atoms with Crippen molar-refractivity contribution in [2.24, 2.45) is 7.05 Å². The van der Waals surface area contributed by atoms with Gasteiger partial charge in [0.25, 0.3) is 10.0 Å². The molecular weight excluding hydrogens is 310 g/mol. The van der Waals surface area contributed by atoms with Crippen LogP contribution in [-0.4, -0.2) is 79.7 Å². The lowest BCUT2D eigenvalue weighted by Crippen LogP contribution is -2.49. The van der Waals surface area contributed by atoms with Crippen molar-refractivity contribution >= 4 is 16.0 Å². The summed E-state index contributed by atoms with van der Waals surface area (Å²) in [7, 11) is -0.870. The molecule has 1 aromatic heterocycles. The Balaban J connectivity index is 2.18. The van der Waals surface area contributed by atoms with Gasteiger partial charge in [-0.2, -0.15) is 4.31 Å². The van der Waals surface area contributed by atoms with Crippen LogP contribution in [-0.2, 0) is 21.8 Å². The van der Waals surface area contributed by atoms with Crippen LogP contribution in [0, 0.1) is 0 Å². The second kappa shape index (κ2) is 6.78. The smallest absolute Gasteiger partial charge is 0.354 e. The third-order valence-electron chi connectivity index (χ3n) is 3.82. The molecule has 8 nitrogen and oxygen atoms in total. The average Bonchev–Trinajstić information content (AvgIpc) is 2.90. The number of piperazine rings is 1. The Morgan fingerprint density at radius 1 is 1.27 bits per heavy atom. The number of rotatable bonds is 5. The molecule has 0 aliphatic carbocycles. The van der Waals surface area contributed by atoms with Crippen molar-refractivity contribution in [1.82, 2.24) is 13.8 Å². The molecule has 1 fully saturated rings. The second-order valence-electron chi connectivity index (χ2n) is 5.08. The molecule has 22 heavy (non-hydrogen) atoms. The van der Waals surface area contributed by atoms with Crippen molar-refractivity contribution in [1.29, 1.82) is 0 Å². The minimum atomic E-state index is -3.65. The third kappa shape index (κ3) is 3.17. The van der Waals surface area contributed by atoms with Crippen molar-refractivity contribution in [3.8, 4) is 0 Å². The highest BCUT2D eigenvalue weighted by molar-refractivity contribution is 7.89. The fourth-order valence-corrected chi connectivity index (χ4v) is 4.12. The summed E-state index contributed by atoms with van der Waals surface area (Å²) in [5.41, 5.74) is 0.194. The summed E-state index contributed by atoms with van der Waals surface area (Å²) in [4.78, 5) is 13.6. The predicted octanol–water partition coefficient (Wildman–Crippen LogP) is -0.890. The Labute approximate surface area is 129 Å². The Morgan fingerprint density at radius 2 is 1.91 bits per heavy atom. The van der Waals surface area contributed by atoms with Gasteiger partial charge in [0.15, 0.2) is 5.03 Å². The Kier molecular flexibility index (Phi) is 5.22. The van der Waals surface area contributed by atoms with Crippen molar-refractivity contribution in [3.63, 3.8) is 0 Å². The van der Waals surface area contributed by atoms with Gasteiger partial charge < -0.3 is 14.4 Å². The molecule has 0 amide bonds. The number of aromatic nitrogens is 1. The van der Waals surface area contributed by atoms with Crippen molar-refractivity contribution < 1.29 is 23.1 Å². The highest BCUT2D eigenvalue weighted by atomic mass is 32.2. The minimum absolute atomic E-state index is 0.0625. The lowest BCUT2D eigenvalue weighted by atomic mass is 10.4. The van der Waals surface area contributed by atoms with E-state index in [-0.39, 0.29) is 17.3 Å². The number of carbonyl (C=O) groups excluding carboxylic acids is 1. The fourth-order valence-electron chi connectivity index (χ4n) is 2.53. The van der Waals surface area contributed by atoms with E-state index in [1.807, 2.05) is 4.90 Å². The molecule has 1 aliphatic rings. The molecule has 9 heteroatoms. The van der Waals surface area contributed by atoms with Gasteiger partial charge in [-0.05, 0) is 12.1 Å². The van der Waals surface area contributed by atoms with E-state index in [2.05, 4.69) is 4.74 Å². The van der Waals surface area contributed by atoms with E-state index in [9.17, 15) is 13.2 Å². The topological polar surface area (TPSA) is 92.1 Å². The van der Waals surface area contributed by atoms with Crippen LogP contribution in [0.15, 0.2) is 17.2 Å². The summed E-state index contributed by atoms with van der Waals surface area (Å²) in [5.74, 6) is -0.572. The van der Waals surface area contributed by atoms with Gasteiger partial charge in [0.2, 0.25) is 0 Å². The molecule has 0 radical (unpaired) electrons. The van der Waals surface area contributed by atoms with Crippen LogP contribution in [0.5, 0.6) is 0 Å². The number of hydrogen-bond donors (Lipinski definition) is 1. The van der Waals surface area contributed by atoms with E-state index in [1.165, 1.54) is 35.2 Å². The first kappa shape index (κ1) is 16.9. The Bertz CT molecular complexity index is 632. The molecule has 1 aromatic rings. The zero-order valence-electron chi connectivity index (χ0n) is 12.7. The summed E-state index contributed by atoms with van der Waals surface area (Å²) in [5, 5.41) is 8.99. The molecule has 0 bridgehead atoms. The second-order valence-corrected chi connectivity index (χ2v) is 6.96. The number of methoxy groups -OCH3 is 1. The molecular formula is C13H21N3O5S. The first-order valence-electron chi connectivity index (χ1n) is 6.99. The van der Waals surface area contributed by atoms with Crippen LogP contribution in [0.1, 0.15) is 10.5 Å². The van der Waals surface area contributed by atoms with Crippen molar-refractivity contribution in [2.45, 2.75) is 5.03 Å². The van der Waals surface area contributed by atoms with Crippen LogP contribution in [0.3, 0.4) is 0 Å². The maximum absolute atomic E-state index is 12.7. The maximum Gasteiger partial charge on any atom is 0.354 e. The highest BCUT2D eigenvalue weighted by Gasteiger charge is 2.31. The standard InChI is InChI=1S/C13H21N3O5S/c1-14-11(13(18)21-2)3-4-12(14)22(19,20)16-7-5-15(6-8-16)9-10-17/h3-4,17H,5-10H2,1-2H3. The first-order valence-corrected chi connectivity index (χ1v) is 8.43. The van der Waals surface area contributed by atoms with Gasteiger partial charge >= 0.3 is 5.97 Å². The predicted molar refractivity (Wildman–Crippen MR) is 79.0 cm³/mol. The molecule has 0 aromatic carbocycles. The first-order chi connectivity index (χ1) is 10.4. The number of aliphatic hydroxyl groups is 1. The number of β-amino-alcohol motifs (C(OH)–C–C–N with tert-alkyl or cyclic N) is 1. The molecule has 0 spiro atoms. The third-order valence-corrected chi connectivity index (χ3v) is 5.81. The zero-order valence-corrected chi connectivity index (χ0v) is 13.5. The maximum atomic E-state index is 12.7. The summed E-state index contributed by atoms with van der Waals surface area (Å²) >= 11 is 0. The summed E-state index contributed by atoms with van der Waals surface area (Å²) in [6.07, 6.45) is 0. The summed E-state index contributed by atoms with van der Waals surface area (Å²) < 4.78 is 32.7. The fraction of sp³-hybridized carbons (Fsp3) is 0.615. The lowest BCUT2D eigenvalue weighted by Gasteiger charge is -2.33. The molecule has 1 N–H and O–H groups in total. The van der Waals surface area contributed by atoms with Crippen LogP contribution in [0.2, 0.25) is 0 Å². The van der Waals surface area contributed by atoms with Gasteiger partial charge in [-0.3, -0.25) is 4.90 Å². The van der Waals surface area contributed by atoms with Crippen LogP contribution in [0.25, 0.3) is 0 Å².